The van der Waals surface area contributed by atoms with E-state index in [0.717, 1.165) is 6.42 Å². The van der Waals surface area contributed by atoms with E-state index in [4.69, 9.17) is 5.73 Å². The molecule has 1 aliphatic heterocycles. The standard InChI is InChI=1S/C14H26N4/c1-4-12-7-6-8-18(12)14(13(15)5-2)11-9-16-17(3)10-11/h9-10,12-14H,4-8,15H2,1-3H3. The van der Waals surface area contributed by atoms with Gasteiger partial charge in [-0.2, -0.15) is 5.10 Å². The van der Waals surface area contributed by atoms with Gasteiger partial charge in [0, 0.05) is 30.9 Å². The number of hydrogen-bond acceptors (Lipinski definition) is 3. The lowest BCUT2D eigenvalue weighted by Gasteiger charge is -2.35. The number of aryl methyl sites for hydroxylation is 1. The minimum atomic E-state index is 0.196. The van der Waals surface area contributed by atoms with Gasteiger partial charge in [0.05, 0.1) is 12.2 Å². The summed E-state index contributed by atoms with van der Waals surface area (Å²) < 4.78 is 1.88. The van der Waals surface area contributed by atoms with Crippen molar-refractivity contribution in [1.82, 2.24) is 14.7 Å². The Morgan fingerprint density at radius 3 is 2.83 bits per heavy atom. The molecule has 1 aromatic rings. The second kappa shape index (κ2) is 5.85. The van der Waals surface area contributed by atoms with E-state index in [2.05, 4.69) is 30.0 Å². The van der Waals surface area contributed by atoms with Crippen molar-refractivity contribution in [3.05, 3.63) is 18.0 Å². The smallest absolute Gasteiger partial charge is 0.0538 e. The lowest BCUT2D eigenvalue weighted by atomic mass is 9.97. The van der Waals surface area contributed by atoms with Gasteiger partial charge in [-0.05, 0) is 32.2 Å². The Kier molecular flexibility index (Phi) is 4.40. The van der Waals surface area contributed by atoms with Crippen LogP contribution >= 0.6 is 0 Å². The van der Waals surface area contributed by atoms with Crippen molar-refractivity contribution < 1.29 is 0 Å². The third kappa shape index (κ3) is 2.59. The van der Waals surface area contributed by atoms with E-state index in [0.29, 0.717) is 12.1 Å². The summed E-state index contributed by atoms with van der Waals surface area (Å²) in [5.74, 6) is 0. The van der Waals surface area contributed by atoms with Crippen LogP contribution in [0.25, 0.3) is 0 Å². The van der Waals surface area contributed by atoms with Crippen LogP contribution in [0.2, 0.25) is 0 Å². The first-order chi connectivity index (χ1) is 8.67. The Hall–Kier alpha value is -0.870. The molecule has 1 fully saturated rings. The monoisotopic (exact) mass is 250 g/mol. The first kappa shape index (κ1) is 13.6. The predicted octanol–water partition coefficient (Wildman–Crippen LogP) is 2.07. The fourth-order valence-corrected chi connectivity index (χ4v) is 3.16. The largest absolute Gasteiger partial charge is 0.326 e. The van der Waals surface area contributed by atoms with Crippen molar-refractivity contribution in [2.45, 2.75) is 57.7 Å². The Balaban J connectivity index is 2.25. The van der Waals surface area contributed by atoms with Crippen LogP contribution in [0.4, 0.5) is 0 Å². The summed E-state index contributed by atoms with van der Waals surface area (Å²) in [6, 6.07) is 1.21. The maximum Gasteiger partial charge on any atom is 0.0538 e. The molecule has 4 heteroatoms. The van der Waals surface area contributed by atoms with Crippen LogP contribution in [0.1, 0.15) is 51.1 Å². The molecule has 0 spiro atoms. The van der Waals surface area contributed by atoms with E-state index in [1.54, 1.807) is 0 Å². The molecule has 1 aliphatic rings. The van der Waals surface area contributed by atoms with Crippen LogP contribution in [-0.4, -0.2) is 33.3 Å². The first-order valence-electron chi connectivity index (χ1n) is 7.17. The Labute approximate surface area is 110 Å². The lowest BCUT2D eigenvalue weighted by Crippen LogP contribution is -2.43. The Morgan fingerprint density at radius 2 is 2.28 bits per heavy atom. The van der Waals surface area contributed by atoms with Gasteiger partial charge in [0.25, 0.3) is 0 Å². The second-order valence-electron chi connectivity index (χ2n) is 5.41. The van der Waals surface area contributed by atoms with Crippen molar-refractivity contribution in [1.29, 1.82) is 0 Å². The third-order valence-corrected chi connectivity index (χ3v) is 4.19. The van der Waals surface area contributed by atoms with Crippen molar-refractivity contribution in [3.8, 4) is 0 Å². The Morgan fingerprint density at radius 1 is 1.50 bits per heavy atom. The molecule has 2 heterocycles. The molecule has 1 aromatic heterocycles. The molecule has 0 aromatic carbocycles. The number of hydrogen-bond donors (Lipinski definition) is 1. The molecule has 2 N–H and O–H groups in total. The quantitative estimate of drug-likeness (QED) is 0.870. The van der Waals surface area contributed by atoms with Gasteiger partial charge in [-0.1, -0.05) is 13.8 Å². The highest BCUT2D eigenvalue weighted by molar-refractivity contribution is 5.14. The van der Waals surface area contributed by atoms with E-state index in [1.807, 2.05) is 17.9 Å². The molecule has 18 heavy (non-hydrogen) atoms. The Bertz CT molecular complexity index is 374. The summed E-state index contributed by atoms with van der Waals surface area (Å²) in [6.07, 6.45) is 8.92. The molecule has 0 saturated carbocycles. The number of likely N-dealkylation sites (tertiary alicyclic amines) is 1. The predicted molar refractivity (Wildman–Crippen MR) is 74.2 cm³/mol. The van der Waals surface area contributed by atoms with Gasteiger partial charge >= 0.3 is 0 Å². The van der Waals surface area contributed by atoms with Crippen molar-refractivity contribution in [3.63, 3.8) is 0 Å². The zero-order valence-electron chi connectivity index (χ0n) is 11.8. The highest BCUT2D eigenvalue weighted by Gasteiger charge is 2.34. The summed E-state index contributed by atoms with van der Waals surface area (Å²) in [5.41, 5.74) is 7.65. The first-order valence-corrected chi connectivity index (χ1v) is 7.17. The van der Waals surface area contributed by atoms with Crippen LogP contribution in [0, 0.1) is 0 Å². The number of rotatable bonds is 5. The zero-order chi connectivity index (χ0) is 13.1. The summed E-state index contributed by atoms with van der Waals surface area (Å²) in [6.45, 7) is 5.62. The maximum atomic E-state index is 6.38. The van der Waals surface area contributed by atoms with Gasteiger partial charge in [0.1, 0.15) is 0 Å². The van der Waals surface area contributed by atoms with Crippen LogP contribution in [-0.2, 0) is 7.05 Å². The number of nitrogens with two attached hydrogens (primary N) is 1. The van der Waals surface area contributed by atoms with E-state index in [-0.39, 0.29) is 6.04 Å². The van der Waals surface area contributed by atoms with E-state index in [1.165, 1.54) is 31.4 Å². The SMILES string of the molecule is CCC(N)C(c1cnn(C)c1)N1CCCC1CC. The van der Waals surface area contributed by atoms with Crippen LogP contribution in [0.5, 0.6) is 0 Å². The fourth-order valence-electron chi connectivity index (χ4n) is 3.16. The normalized spacial score (nSPS) is 24.3. The molecule has 2 rings (SSSR count). The number of nitrogens with zero attached hydrogens (tertiary/aromatic N) is 3. The summed E-state index contributed by atoms with van der Waals surface area (Å²) in [5, 5.41) is 4.31. The van der Waals surface area contributed by atoms with Gasteiger partial charge in [-0.3, -0.25) is 9.58 Å². The minimum Gasteiger partial charge on any atom is -0.326 e. The lowest BCUT2D eigenvalue weighted by molar-refractivity contribution is 0.150. The maximum absolute atomic E-state index is 6.38. The van der Waals surface area contributed by atoms with Crippen LogP contribution in [0.3, 0.4) is 0 Å². The molecule has 102 valence electrons. The van der Waals surface area contributed by atoms with Crippen molar-refractivity contribution in [2.24, 2.45) is 12.8 Å². The van der Waals surface area contributed by atoms with Crippen LogP contribution in [0.15, 0.2) is 12.4 Å². The topological polar surface area (TPSA) is 47.1 Å². The van der Waals surface area contributed by atoms with E-state index < -0.39 is 0 Å². The molecule has 0 aliphatic carbocycles. The molecule has 3 unspecified atom stereocenters. The molecule has 4 nitrogen and oxygen atoms in total. The van der Waals surface area contributed by atoms with E-state index in [9.17, 15) is 0 Å². The fraction of sp³-hybridized carbons (Fsp3) is 0.786. The number of aromatic nitrogens is 2. The van der Waals surface area contributed by atoms with Crippen LogP contribution < -0.4 is 5.73 Å². The third-order valence-electron chi connectivity index (χ3n) is 4.19. The second-order valence-corrected chi connectivity index (χ2v) is 5.41. The average Bonchev–Trinajstić information content (AvgIpc) is 2.99. The molecule has 0 amide bonds. The molecular weight excluding hydrogens is 224 g/mol. The minimum absolute atomic E-state index is 0.196. The van der Waals surface area contributed by atoms with Gasteiger partial charge in [0.2, 0.25) is 0 Å². The van der Waals surface area contributed by atoms with Gasteiger partial charge < -0.3 is 5.73 Å². The van der Waals surface area contributed by atoms with Gasteiger partial charge in [0.15, 0.2) is 0 Å². The highest BCUT2D eigenvalue weighted by Crippen LogP contribution is 2.33. The molecular formula is C14H26N4. The zero-order valence-corrected chi connectivity index (χ0v) is 11.8. The summed E-state index contributed by atoms with van der Waals surface area (Å²) >= 11 is 0. The highest BCUT2D eigenvalue weighted by atomic mass is 15.3. The summed E-state index contributed by atoms with van der Waals surface area (Å²) in [7, 11) is 1.97. The van der Waals surface area contributed by atoms with Gasteiger partial charge in [-0.15, -0.1) is 0 Å². The molecule has 3 atom stereocenters. The average molecular weight is 250 g/mol. The van der Waals surface area contributed by atoms with Crippen molar-refractivity contribution >= 4 is 0 Å². The molecule has 0 radical (unpaired) electrons. The van der Waals surface area contributed by atoms with E-state index >= 15 is 0 Å². The summed E-state index contributed by atoms with van der Waals surface area (Å²) in [4.78, 5) is 2.60. The molecule has 0 bridgehead atoms. The van der Waals surface area contributed by atoms with Gasteiger partial charge in [-0.25, -0.2) is 0 Å². The molecule has 1 saturated heterocycles. The van der Waals surface area contributed by atoms with Crippen molar-refractivity contribution in [2.75, 3.05) is 6.54 Å².